The van der Waals surface area contributed by atoms with Crippen LogP contribution >= 0.6 is 0 Å². The van der Waals surface area contributed by atoms with Crippen molar-refractivity contribution in [3.8, 4) is 0 Å². The highest BCUT2D eigenvalue weighted by Crippen LogP contribution is 2.33. The molecule has 65 heavy (non-hydrogen) atoms. The van der Waals surface area contributed by atoms with Gasteiger partial charge in [0.1, 0.15) is 73.2 Å². The van der Waals surface area contributed by atoms with Gasteiger partial charge in [-0.15, -0.1) is 0 Å². The van der Waals surface area contributed by atoms with Crippen LogP contribution in [0, 0.1) is 0 Å². The summed E-state index contributed by atoms with van der Waals surface area (Å²) in [5.41, 5.74) is 0. The Balaban J connectivity index is 1.51. The van der Waals surface area contributed by atoms with Crippen LogP contribution in [0.5, 0.6) is 0 Å². The van der Waals surface area contributed by atoms with E-state index in [1.807, 2.05) is 6.92 Å². The molecule has 3 saturated heterocycles. The summed E-state index contributed by atoms with van der Waals surface area (Å²) in [7, 11) is 0. The van der Waals surface area contributed by atoms with Gasteiger partial charge in [0.15, 0.2) is 18.9 Å². The molecule has 0 spiro atoms. The maximum absolute atomic E-state index is 13.1. The molecule has 0 aliphatic carbocycles. The molecular weight excluding hydrogens is 854 g/mol. The Kier molecular flexibility index (Phi) is 28.2. The molecule has 12 N–H and O–H groups in total. The lowest BCUT2D eigenvalue weighted by Gasteiger charge is -2.48. The first-order valence-electron chi connectivity index (χ1n) is 23.7. The van der Waals surface area contributed by atoms with Gasteiger partial charge in [-0.2, -0.15) is 0 Å². The van der Waals surface area contributed by atoms with Crippen LogP contribution in [0.4, 0.5) is 0 Å². The molecule has 0 saturated carbocycles. The number of allylic oxidation sites excluding steroid dienone is 5. The van der Waals surface area contributed by atoms with Gasteiger partial charge in [-0.25, -0.2) is 0 Å². The van der Waals surface area contributed by atoms with Crippen molar-refractivity contribution in [2.75, 3.05) is 26.4 Å². The van der Waals surface area contributed by atoms with Crippen LogP contribution in [0.3, 0.4) is 0 Å². The van der Waals surface area contributed by atoms with Gasteiger partial charge in [0.2, 0.25) is 5.91 Å². The van der Waals surface area contributed by atoms with E-state index in [0.29, 0.717) is 12.8 Å². The minimum absolute atomic E-state index is 0.224. The molecule has 3 aliphatic rings. The van der Waals surface area contributed by atoms with Crippen LogP contribution in [-0.2, 0) is 33.2 Å². The van der Waals surface area contributed by atoms with E-state index >= 15 is 0 Å². The number of carbonyl (C=O) groups is 1. The number of unbranched alkanes of at least 4 members (excludes halogenated alkanes) is 11. The molecule has 19 nitrogen and oxygen atoms in total. The number of ether oxygens (including phenoxy) is 6. The van der Waals surface area contributed by atoms with Crippen LogP contribution in [0.15, 0.2) is 36.5 Å². The normalized spacial score (nSPS) is 34.4. The SMILES string of the molecule is CCCC/C=C/C(O)C(COC1OC(CO)C(OC2OC(CO)C(OC3OC(CO)C(O)C(O)C3O)C(O)C2O)C(O)C1O)NC(=O)CCCCCCC/C=C\C/C=C\CCCCCC. The molecule has 3 fully saturated rings. The summed E-state index contributed by atoms with van der Waals surface area (Å²) in [4.78, 5) is 13.1. The Bertz CT molecular complexity index is 1350. The maximum Gasteiger partial charge on any atom is 0.220 e. The molecule has 17 atom stereocenters. The second-order valence-corrected chi connectivity index (χ2v) is 17.2. The highest BCUT2D eigenvalue weighted by Gasteiger charge is 2.53. The standard InChI is InChI=1S/C46H81NO18/c1-3-5-7-9-10-11-12-13-14-15-16-17-18-19-20-22-24-34(52)47-29(30(51)23-21-8-6-4-2)28-60-44-40(58)37(55)42(32(26-49)62-44)65-46-41(59)38(56)43(33(27-50)63-46)64-45-39(57)36(54)35(53)31(25-48)61-45/h11-12,14-15,21,23,29-33,35-46,48-51,53-59H,3-10,13,16-20,22,24-28H2,1-2H3,(H,47,52)/b12-11-,15-14-,23-21+. The number of rotatable bonds is 31. The summed E-state index contributed by atoms with van der Waals surface area (Å²) >= 11 is 0. The van der Waals surface area contributed by atoms with Crippen molar-refractivity contribution in [3.63, 3.8) is 0 Å². The third kappa shape index (κ3) is 18.8. The van der Waals surface area contributed by atoms with Crippen molar-refractivity contribution >= 4 is 5.91 Å². The Morgan fingerprint density at radius 2 is 1.03 bits per heavy atom. The van der Waals surface area contributed by atoms with Gasteiger partial charge in [-0.1, -0.05) is 102 Å². The zero-order valence-electron chi connectivity index (χ0n) is 38.2. The second-order valence-electron chi connectivity index (χ2n) is 17.2. The minimum atomic E-state index is -1.98. The molecule has 17 unspecified atom stereocenters. The van der Waals surface area contributed by atoms with E-state index in [9.17, 15) is 61.0 Å². The van der Waals surface area contributed by atoms with Gasteiger partial charge in [-0.05, 0) is 44.9 Å². The molecular formula is C46H81NO18. The Morgan fingerprint density at radius 1 is 0.554 bits per heavy atom. The molecule has 378 valence electrons. The fourth-order valence-electron chi connectivity index (χ4n) is 7.85. The monoisotopic (exact) mass is 936 g/mol. The Hall–Kier alpha value is -1.99. The third-order valence-corrected chi connectivity index (χ3v) is 11.9. The molecule has 3 rings (SSSR count). The summed E-state index contributed by atoms with van der Waals surface area (Å²) in [6.07, 6.45) is 1.05. The quantitative estimate of drug-likeness (QED) is 0.0328. The van der Waals surface area contributed by atoms with Crippen LogP contribution in [0.1, 0.15) is 117 Å². The van der Waals surface area contributed by atoms with Crippen LogP contribution in [0.25, 0.3) is 0 Å². The van der Waals surface area contributed by atoms with Gasteiger partial charge in [-0.3, -0.25) is 4.79 Å². The molecule has 1 amide bonds. The van der Waals surface area contributed by atoms with E-state index in [1.165, 1.54) is 25.7 Å². The first-order chi connectivity index (χ1) is 31.3. The van der Waals surface area contributed by atoms with E-state index in [-0.39, 0.29) is 18.9 Å². The van der Waals surface area contributed by atoms with Crippen molar-refractivity contribution < 1.29 is 89.4 Å². The fraction of sp³-hybridized carbons (Fsp3) is 0.848. The van der Waals surface area contributed by atoms with E-state index in [4.69, 9.17) is 28.4 Å². The first kappa shape index (κ1) is 57.3. The van der Waals surface area contributed by atoms with Crippen molar-refractivity contribution in [3.05, 3.63) is 36.5 Å². The predicted octanol–water partition coefficient (Wildman–Crippen LogP) is 0.247. The van der Waals surface area contributed by atoms with Gasteiger partial charge in [0.05, 0.1) is 38.6 Å². The number of aliphatic hydroxyl groups is 11. The van der Waals surface area contributed by atoms with Gasteiger partial charge in [0, 0.05) is 6.42 Å². The number of hydrogen-bond donors (Lipinski definition) is 12. The highest BCUT2D eigenvalue weighted by molar-refractivity contribution is 5.76. The highest BCUT2D eigenvalue weighted by atomic mass is 16.8. The minimum Gasteiger partial charge on any atom is -0.394 e. The smallest absolute Gasteiger partial charge is 0.220 e. The third-order valence-electron chi connectivity index (χ3n) is 11.9. The average molecular weight is 936 g/mol. The van der Waals surface area contributed by atoms with Crippen LogP contribution in [-0.4, -0.2) is 193 Å². The van der Waals surface area contributed by atoms with Crippen molar-refractivity contribution in [2.24, 2.45) is 0 Å². The molecule has 0 radical (unpaired) electrons. The molecule has 0 aromatic rings. The maximum atomic E-state index is 13.1. The second kappa shape index (κ2) is 31.9. The Labute approximate surface area is 383 Å². The topological polar surface area (TPSA) is 307 Å². The summed E-state index contributed by atoms with van der Waals surface area (Å²) in [5, 5.41) is 119. The van der Waals surface area contributed by atoms with E-state index in [2.05, 4.69) is 36.5 Å². The van der Waals surface area contributed by atoms with E-state index in [0.717, 1.165) is 57.8 Å². The molecule has 0 aromatic heterocycles. The zero-order valence-corrected chi connectivity index (χ0v) is 38.2. The molecule has 3 heterocycles. The largest absolute Gasteiger partial charge is 0.394 e. The summed E-state index contributed by atoms with van der Waals surface area (Å²) in [6, 6.07) is -0.974. The number of amides is 1. The fourth-order valence-corrected chi connectivity index (χ4v) is 7.85. The zero-order chi connectivity index (χ0) is 47.7. The number of aliphatic hydroxyl groups excluding tert-OH is 11. The van der Waals surface area contributed by atoms with E-state index < -0.39 is 124 Å². The average Bonchev–Trinajstić information content (AvgIpc) is 3.30. The summed E-state index contributed by atoms with van der Waals surface area (Å²) < 4.78 is 33.9. The predicted molar refractivity (Wildman–Crippen MR) is 236 cm³/mol. The lowest BCUT2D eigenvalue weighted by atomic mass is 9.96. The van der Waals surface area contributed by atoms with E-state index in [1.54, 1.807) is 12.2 Å². The van der Waals surface area contributed by atoms with Crippen molar-refractivity contribution in [1.82, 2.24) is 5.32 Å². The molecule has 0 aromatic carbocycles. The summed E-state index contributed by atoms with van der Waals surface area (Å²) in [5.74, 6) is -0.303. The van der Waals surface area contributed by atoms with Crippen LogP contribution in [0.2, 0.25) is 0 Å². The number of hydrogen-bond acceptors (Lipinski definition) is 18. The van der Waals surface area contributed by atoms with Crippen LogP contribution < -0.4 is 5.32 Å². The molecule has 3 aliphatic heterocycles. The lowest BCUT2D eigenvalue weighted by molar-refractivity contribution is -0.379. The lowest BCUT2D eigenvalue weighted by Crippen LogP contribution is -2.66. The van der Waals surface area contributed by atoms with Gasteiger partial charge >= 0.3 is 0 Å². The molecule has 19 heteroatoms. The Morgan fingerprint density at radius 3 is 1.60 bits per heavy atom. The molecule has 0 bridgehead atoms. The van der Waals surface area contributed by atoms with Crippen molar-refractivity contribution in [1.29, 1.82) is 0 Å². The first-order valence-corrected chi connectivity index (χ1v) is 23.7. The number of carbonyl (C=O) groups excluding carboxylic acids is 1. The number of nitrogens with one attached hydrogen (secondary N) is 1. The van der Waals surface area contributed by atoms with Gasteiger partial charge < -0.3 is 89.9 Å². The summed E-state index contributed by atoms with van der Waals surface area (Å²) in [6.45, 7) is 1.46. The van der Waals surface area contributed by atoms with Gasteiger partial charge in [0.25, 0.3) is 0 Å². The van der Waals surface area contributed by atoms with Crippen molar-refractivity contribution in [2.45, 2.75) is 221 Å².